The number of para-hydroxylation sites is 3. The van der Waals surface area contributed by atoms with Gasteiger partial charge in [-0.2, -0.15) is 0 Å². The number of anilines is 2. The van der Waals surface area contributed by atoms with E-state index in [4.69, 9.17) is 0 Å². The lowest BCUT2D eigenvalue weighted by Crippen LogP contribution is -2.62. The number of rotatable bonds is 5. The molecule has 0 bridgehead atoms. The second kappa shape index (κ2) is 7.85. The minimum Gasteiger partial charge on any atom is -0.404 e. The summed E-state index contributed by atoms with van der Waals surface area (Å²) >= 11 is 0. The van der Waals surface area contributed by atoms with Gasteiger partial charge in [0, 0.05) is 19.4 Å². The van der Waals surface area contributed by atoms with Gasteiger partial charge in [0.1, 0.15) is 5.66 Å². The highest BCUT2D eigenvalue weighted by Crippen LogP contribution is 2.44. The number of fused-ring (bicyclic) bond motifs is 3. The van der Waals surface area contributed by atoms with E-state index >= 15 is 0 Å². The van der Waals surface area contributed by atoms with Crippen LogP contribution in [0.2, 0.25) is 0 Å². The summed E-state index contributed by atoms with van der Waals surface area (Å²) in [7, 11) is 0. The van der Waals surface area contributed by atoms with Crippen LogP contribution in [0.5, 0.6) is 5.75 Å². The van der Waals surface area contributed by atoms with Gasteiger partial charge in [-0.15, -0.1) is 13.2 Å². The van der Waals surface area contributed by atoms with E-state index in [9.17, 15) is 27.6 Å². The lowest BCUT2D eigenvalue weighted by Gasteiger charge is -2.48. The highest BCUT2D eigenvalue weighted by molar-refractivity contribution is 6.10. The molecule has 0 aromatic heterocycles. The SMILES string of the molecule is CC12CCC(=O)N1c1ccccc1C(=O)N2CCC(=O)Nc1ccccc1OC(F)(F)F. The maximum Gasteiger partial charge on any atom is 0.573 e. The fourth-order valence-corrected chi connectivity index (χ4v) is 4.25. The van der Waals surface area contributed by atoms with Gasteiger partial charge in [-0.25, -0.2) is 0 Å². The van der Waals surface area contributed by atoms with E-state index in [2.05, 4.69) is 10.1 Å². The van der Waals surface area contributed by atoms with Crippen molar-refractivity contribution >= 4 is 29.1 Å². The van der Waals surface area contributed by atoms with Gasteiger partial charge in [0.05, 0.1) is 16.9 Å². The standard InChI is InChI=1S/C22H20F3N3O4/c1-21-12-10-19(30)28(21)16-8-4-2-6-14(16)20(31)27(21)13-11-18(29)26-15-7-3-5-9-17(15)32-22(23,24)25/h2-9H,10-13H2,1H3,(H,26,29). The number of alkyl halides is 3. The van der Waals surface area contributed by atoms with Gasteiger partial charge < -0.3 is 15.0 Å². The first-order valence-corrected chi connectivity index (χ1v) is 9.99. The number of nitrogens with zero attached hydrogens (tertiary/aromatic N) is 2. The first-order valence-electron chi connectivity index (χ1n) is 9.99. The lowest BCUT2D eigenvalue weighted by atomic mass is 9.98. The van der Waals surface area contributed by atoms with Crippen molar-refractivity contribution in [1.29, 1.82) is 0 Å². The molecule has 1 unspecified atom stereocenters. The molecule has 0 aliphatic carbocycles. The molecule has 2 aliphatic rings. The van der Waals surface area contributed by atoms with Crippen LogP contribution in [0.3, 0.4) is 0 Å². The smallest absolute Gasteiger partial charge is 0.404 e. The second-order valence-corrected chi connectivity index (χ2v) is 7.76. The Balaban J connectivity index is 1.51. The molecular weight excluding hydrogens is 427 g/mol. The number of hydrogen-bond donors (Lipinski definition) is 1. The van der Waals surface area contributed by atoms with E-state index in [1.54, 1.807) is 36.1 Å². The van der Waals surface area contributed by atoms with Crippen molar-refractivity contribution in [2.24, 2.45) is 0 Å². The van der Waals surface area contributed by atoms with Crippen molar-refractivity contribution in [3.63, 3.8) is 0 Å². The van der Waals surface area contributed by atoms with E-state index in [1.165, 1.54) is 23.1 Å². The number of carbonyl (C=O) groups is 3. The van der Waals surface area contributed by atoms with Crippen LogP contribution >= 0.6 is 0 Å². The van der Waals surface area contributed by atoms with Gasteiger partial charge in [-0.3, -0.25) is 19.3 Å². The molecule has 4 rings (SSSR count). The number of ether oxygens (including phenoxy) is 1. The zero-order chi connectivity index (χ0) is 23.1. The molecule has 1 atom stereocenters. The Morgan fingerprint density at radius 1 is 1.12 bits per heavy atom. The molecule has 0 radical (unpaired) electrons. The van der Waals surface area contributed by atoms with Crippen LogP contribution in [-0.4, -0.2) is 41.2 Å². The van der Waals surface area contributed by atoms with Crippen molar-refractivity contribution in [3.05, 3.63) is 54.1 Å². The van der Waals surface area contributed by atoms with Crippen molar-refractivity contribution in [2.45, 2.75) is 38.2 Å². The zero-order valence-electron chi connectivity index (χ0n) is 17.1. The summed E-state index contributed by atoms with van der Waals surface area (Å²) in [5, 5.41) is 2.41. The Bertz CT molecular complexity index is 1090. The average Bonchev–Trinajstić information content (AvgIpc) is 3.03. The fraction of sp³-hybridized carbons (Fsp3) is 0.318. The third kappa shape index (κ3) is 3.88. The van der Waals surface area contributed by atoms with Crippen LogP contribution in [-0.2, 0) is 9.59 Å². The molecule has 168 valence electrons. The molecule has 2 aromatic rings. The minimum atomic E-state index is -4.90. The van der Waals surface area contributed by atoms with Crippen molar-refractivity contribution in [1.82, 2.24) is 4.90 Å². The largest absolute Gasteiger partial charge is 0.573 e. The van der Waals surface area contributed by atoms with E-state index in [-0.39, 0.29) is 36.9 Å². The highest BCUT2D eigenvalue weighted by atomic mass is 19.4. The number of amides is 3. The topological polar surface area (TPSA) is 79.0 Å². The molecule has 0 spiro atoms. The Morgan fingerprint density at radius 2 is 1.81 bits per heavy atom. The van der Waals surface area contributed by atoms with Crippen LogP contribution < -0.4 is 15.0 Å². The molecule has 0 saturated carbocycles. The predicted molar refractivity (Wildman–Crippen MR) is 109 cm³/mol. The predicted octanol–water partition coefficient (Wildman–Crippen LogP) is 3.91. The molecule has 2 aliphatic heterocycles. The third-order valence-corrected chi connectivity index (χ3v) is 5.69. The lowest BCUT2D eigenvalue weighted by molar-refractivity contribution is -0.274. The van der Waals surface area contributed by atoms with E-state index in [0.717, 1.165) is 6.07 Å². The van der Waals surface area contributed by atoms with Crippen molar-refractivity contribution in [3.8, 4) is 5.75 Å². The van der Waals surface area contributed by atoms with Crippen LogP contribution in [0.15, 0.2) is 48.5 Å². The number of carbonyl (C=O) groups excluding carboxylic acids is 3. The zero-order valence-corrected chi connectivity index (χ0v) is 17.1. The third-order valence-electron chi connectivity index (χ3n) is 5.69. The number of hydrogen-bond acceptors (Lipinski definition) is 4. The van der Waals surface area contributed by atoms with E-state index in [1.807, 2.05) is 0 Å². The van der Waals surface area contributed by atoms with Gasteiger partial charge in [0.2, 0.25) is 11.8 Å². The summed E-state index contributed by atoms with van der Waals surface area (Å²) in [4.78, 5) is 41.3. The number of halogens is 3. The summed E-state index contributed by atoms with van der Waals surface area (Å²) in [6.45, 7) is 1.76. The molecule has 3 amide bonds. The van der Waals surface area contributed by atoms with Crippen molar-refractivity contribution in [2.75, 3.05) is 16.8 Å². The van der Waals surface area contributed by atoms with Crippen molar-refractivity contribution < 1.29 is 32.3 Å². The molecule has 1 fully saturated rings. The second-order valence-electron chi connectivity index (χ2n) is 7.76. The Morgan fingerprint density at radius 3 is 2.56 bits per heavy atom. The Kier molecular flexibility index (Phi) is 5.31. The molecule has 10 heteroatoms. The summed E-state index contributed by atoms with van der Waals surface area (Å²) in [6, 6.07) is 12.0. The summed E-state index contributed by atoms with van der Waals surface area (Å²) < 4.78 is 41.7. The molecular formula is C22H20F3N3O4. The van der Waals surface area contributed by atoms with Crippen LogP contribution in [0, 0.1) is 0 Å². The van der Waals surface area contributed by atoms with Crippen LogP contribution in [0.25, 0.3) is 0 Å². The number of benzene rings is 2. The van der Waals surface area contributed by atoms with Crippen LogP contribution in [0.1, 0.15) is 36.5 Å². The average molecular weight is 447 g/mol. The summed E-state index contributed by atoms with van der Waals surface area (Å²) in [5.74, 6) is -1.53. The van der Waals surface area contributed by atoms with Gasteiger partial charge in [-0.1, -0.05) is 24.3 Å². The molecule has 32 heavy (non-hydrogen) atoms. The number of nitrogens with one attached hydrogen (secondary N) is 1. The molecule has 1 saturated heterocycles. The summed E-state index contributed by atoms with van der Waals surface area (Å²) in [5.41, 5.74) is -0.139. The maximum absolute atomic E-state index is 13.2. The van der Waals surface area contributed by atoms with E-state index in [0.29, 0.717) is 17.7 Å². The van der Waals surface area contributed by atoms with E-state index < -0.39 is 23.7 Å². The first kappa shape index (κ1) is 21.7. The fourth-order valence-electron chi connectivity index (χ4n) is 4.25. The maximum atomic E-state index is 13.2. The highest BCUT2D eigenvalue weighted by Gasteiger charge is 2.52. The molecule has 2 aromatic carbocycles. The van der Waals surface area contributed by atoms with Gasteiger partial charge in [-0.05, 0) is 37.6 Å². The normalized spacial score (nSPS) is 20.1. The monoisotopic (exact) mass is 447 g/mol. The minimum absolute atomic E-state index is 0.0123. The van der Waals surface area contributed by atoms with Crippen LogP contribution in [0.4, 0.5) is 24.5 Å². The first-order chi connectivity index (χ1) is 15.1. The van der Waals surface area contributed by atoms with Gasteiger partial charge >= 0.3 is 6.36 Å². The quantitative estimate of drug-likeness (QED) is 0.754. The summed E-state index contributed by atoms with van der Waals surface area (Å²) in [6.07, 6.45) is -4.40. The Labute approximate surface area is 181 Å². The molecule has 7 nitrogen and oxygen atoms in total. The Hall–Kier alpha value is -3.56. The van der Waals surface area contributed by atoms with Gasteiger partial charge in [0.25, 0.3) is 5.91 Å². The molecule has 2 heterocycles. The van der Waals surface area contributed by atoms with Gasteiger partial charge in [0.15, 0.2) is 5.75 Å². The molecule has 1 N–H and O–H groups in total.